The Bertz CT molecular complexity index is 843. The number of amides is 1. The smallest absolute Gasteiger partial charge is 0.410 e. The average Bonchev–Trinajstić information content (AvgIpc) is 2.64. The van der Waals surface area contributed by atoms with E-state index in [1.807, 2.05) is 33.8 Å². The van der Waals surface area contributed by atoms with Crippen LogP contribution in [0.15, 0.2) is 24.7 Å². The lowest BCUT2D eigenvalue weighted by atomic mass is 10.1. The molecule has 1 aliphatic heterocycles. The fourth-order valence-electron chi connectivity index (χ4n) is 2.93. The van der Waals surface area contributed by atoms with Crippen LogP contribution in [0.5, 0.6) is 5.88 Å². The maximum Gasteiger partial charge on any atom is 0.410 e. The van der Waals surface area contributed by atoms with Gasteiger partial charge < -0.3 is 19.7 Å². The van der Waals surface area contributed by atoms with E-state index >= 15 is 0 Å². The second kappa shape index (κ2) is 8.82. The molecule has 1 aliphatic rings. The molecular weight excluding hydrogens is 394 g/mol. The van der Waals surface area contributed by atoms with Gasteiger partial charge in [-0.05, 0) is 39.3 Å². The second-order valence-corrected chi connectivity index (χ2v) is 8.30. The first-order chi connectivity index (χ1) is 13.7. The molecule has 3 rings (SSSR count). The normalized spacial score (nSPS) is 15.1. The van der Waals surface area contributed by atoms with Crippen molar-refractivity contribution in [1.82, 2.24) is 19.9 Å². The van der Waals surface area contributed by atoms with Gasteiger partial charge >= 0.3 is 6.09 Å². The minimum atomic E-state index is -0.496. The Hall–Kier alpha value is -2.61. The highest BCUT2D eigenvalue weighted by atomic mass is 35.5. The van der Waals surface area contributed by atoms with Gasteiger partial charge in [0, 0.05) is 38.2 Å². The molecule has 0 radical (unpaired) electrons. The number of likely N-dealkylation sites (tertiary alicyclic amines) is 1. The number of pyridine rings is 1. The summed E-state index contributed by atoms with van der Waals surface area (Å²) in [6.07, 6.45) is 4.20. The van der Waals surface area contributed by atoms with Crippen LogP contribution in [-0.4, -0.2) is 50.7 Å². The number of nitrogens with one attached hydrogen (secondary N) is 1. The van der Waals surface area contributed by atoms with Gasteiger partial charge in [0.05, 0.1) is 5.69 Å². The first-order valence-corrected chi connectivity index (χ1v) is 9.94. The molecule has 2 aromatic rings. The Morgan fingerprint density at radius 1 is 1.24 bits per heavy atom. The minimum absolute atomic E-state index is 0.0276. The number of carbonyl (C=O) groups excluding carboxylic acids is 1. The topological polar surface area (TPSA) is 89.5 Å². The summed E-state index contributed by atoms with van der Waals surface area (Å²) >= 11 is 6.16. The van der Waals surface area contributed by atoms with E-state index < -0.39 is 5.60 Å². The van der Waals surface area contributed by atoms with Gasteiger partial charge in [-0.1, -0.05) is 11.6 Å². The summed E-state index contributed by atoms with van der Waals surface area (Å²) in [4.78, 5) is 26.4. The van der Waals surface area contributed by atoms with Crippen molar-refractivity contribution in [2.24, 2.45) is 0 Å². The van der Waals surface area contributed by atoms with Crippen LogP contribution in [0.4, 0.5) is 16.3 Å². The molecular formula is C20H26ClN5O3. The van der Waals surface area contributed by atoms with E-state index in [1.165, 1.54) is 6.33 Å². The van der Waals surface area contributed by atoms with Crippen LogP contribution in [0.1, 0.15) is 39.2 Å². The number of aromatic nitrogens is 3. The van der Waals surface area contributed by atoms with Crippen molar-refractivity contribution in [3.63, 3.8) is 0 Å². The number of ether oxygens (including phenoxy) is 2. The van der Waals surface area contributed by atoms with Crippen molar-refractivity contribution >= 4 is 29.2 Å². The Kier molecular flexibility index (Phi) is 6.42. The first-order valence-electron chi connectivity index (χ1n) is 9.56. The van der Waals surface area contributed by atoms with Crippen molar-refractivity contribution in [1.29, 1.82) is 0 Å². The van der Waals surface area contributed by atoms with E-state index in [-0.39, 0.29) is 12.2 Å². The van der Waals surface area contributed by atoms with E-state index in [4.69, 9.17) is 21.1 Å². The number of aryl methyl sites for hydroxylation is 1. The van der Waals surface area contributed by atoms with Gasteiger partial charge in [-0.25, -0.2) is 19.7 Å². The number of hydrogen-bond donors (Lipinski definition) is 1. The number of carbonyl (C=O) groups is 1. The maximum atomic E-state index is 12.2. The number of rotatable bonds is 4. The maximum absolute atomic E-state index is 12.2. The van der Waals surface area contributed by atoms with Gasteiger partial charge in [-0.3, -0.25) is 0 Å². The highest BCUT2D eigenvalue weighted by molar-refractivity contribution is 6.32. The Morgan fingerprint density at radius 2 is 1.97 bits per heavy atom. The fraction of sp³-hybridized carbons (Fsp3) is 0.500. The van der Waals surface area contributed by atoms with Crippen LogP contribution >= 0.6 is 11.6 Å². The minimum Gasteiger partial charge on any atom is -0.474 e. The van der Waals surface area contributed by atoms with Gasteiger partial charge in [0.2, 0.25) is 5.88 Å². The molecule has 29 heavy (non-hydrogen) atoms. The number of anilines is 2. The molecule has 9 heteroatoms. The average molecular weight is 420 g/mol. The zero-order chi connectivity index (χ0) is 21.0. The van der Waals surface area contributed by atoms with E-state index in [0.717, 1.165) is 5.56 Å². The third-order valence-corrected chi connectivity index (χ3v) is 4.68. The first kappa shape index (κ1) is 21.1. The fourth-order valence-corrected chi connectivity index (χ4v) is 3.18. The van der Waals surface area contributed by atoms with E-state index in [0.29, 0.717) is 48.5 Å². The van der Waals surface area contributed by atoms with Crippen LogP contribution < -0.4 is 10.1 Å². The van der Waals surface area contributed by atoms with Crippen molar-refractivity contribution in [2.75, 3.05) is 18.4 Å². The number of hydrogen-bond acceptors (Lipinski definition) is 7. The highest BCUT2D eigenvalue weighted by Gasteiger charge is 2.27. The largest absolute Gasteiger partial charge is 0.474 e. The highest BCUT2D eigenvalue weighted by Crippen LogP contribution is 2.27. The Labute approximate surface area is 175 Å². The Morgan fingerprint density at radius 3 is 2.62 bits per heavy atom. The quantitative estimate of drug-likeness (QED) is 0.736. The van der Waals surface area contributed by atoms with E-state index in [9.17, 15) is 4.79 Å². The molecule has 0 bridgehead atoms. The van der Waals surface area contributed by atoms with Gasteiger partial charge in [0.1, 0.15) is 23.9 Å². The van der Waals surface area contributed by atoms with Crippen LogP contribution in [-0.2, 0) is 4.74 Å². The van der Waals surface area contributed by atoms with Gasteiger partial charge in [-0.15, -0.1) is 0 Å². The van der Waals surface area contributed by atoms with Crippen LogP contribution in [0.25, 0.3) is 0 Å². The predicted molar refractivity (Wildman–Crippen MR) is 111 cm³/mol. The molecule has 1 saturated heterocycles. The lowest BCUT2D eigenvalue weighted by Gasteiger charge is -2.33. The summed E-state index contributed by atoms with van der Waals surface area (Å²) in [5.74, 6) is 1.04. The molecule has 1 fully saturated rings. The van der Waals surface area contributed by atoms with Crippen molar-refractivity contribution < 1.29 is 14.3 Å². The molecule has 3 heterocycles. The van der Waals surface area contributed by atoms with Crippen LogP contribution in [0, 0.1) is 6.92 Å². The summed E-state index contributed by atoms with van der Waals surface area (Å²) in [6, 6.07) is 3.59. The number of piperidine rings is 1. The summed E-state index contributed by atoms with van der Waals surface area (Å²) in [7, 11) is 0. The predicted octanol–water partition coefficient (Wildman–Crippen LogP) is 4.36. The molecule has 0 aromatic carbocycles. The third kappa shape index (κ3) is 5.93. The second-order valence-electron chi connectivity index (χ2n) is 7.94. The number of nitrogens with zero attached hydrogens (tertiary/aromatic N) is 4. The van der Waals surface area contributed by atoms with Gasteiger partial charge in [-0.2, -0.15) is 0 Å². The molecule has 0 aliphatic carbocycles. The summed E-state index contributed by atoms with van der Waals surface area (Å²) in [5.41, 5.74) is 1.16. The third-order valence-electron chi connectivity index (χ3n) is 4.39. The zero-order valence-electron chi connectivity index (χ0n) is 17.1. The SMILES string of the molecule is Cc1ccnc(Cl)c1Nc1cc(OC2CCN(C(=O)OC(C)(C)C)CC2)ncn1. The molecule has 8 nitrogen and oxygen atoms in total. The summed E-state index contributed by atoms with van der Waals surface area (Å²) in [6.45, 7) is 8.69. The molecule has 1 N–H and O–H groups in total. The van der Waals surface area contributed by atoms with Crippen molar-refractivity contribution in [2.45, 2.75) is 52.2 Å². The summed E-state index contributed by atoms with van der Waals surface area (Å²) in [5, 5.41) is 3.54. The molecule has 0 saturated carbocycles. The molecule has 2 aromatic heterocycles. The molecule has 0 unspecified atom stereocenters. The molecule has 1 amide bonds. The number of halogens is 1. The monoisotopic (exact) mass is 419 g/mol. The summed E-state index contributed by atoms with van der Waals surface area (Å²) < 4.78 is 11.4. The van der Waals surface area contributed by atoms with Crippen molar-refractivity contribution in [3.8, 4) is 5.88 Å². The van der Waals surface area contributed by atoms with E-state index in [2.05, 4.69) is 20.3 Å². The standard InChI is InChI=1S/C20H26ClN5O3/c1-13-5-8-22-18(21)17(13)25-15-11-16(24-12-23-15)28-14-6-9-26(10-7-14)19(27)29-20(2,3)4/h5,8,11-12,14H,6-7,9-10H2,1-4H3,(H,23,24,25). The van der Waals surface area contributed by atoms with Gasteiger partial charge in [0.25, 0.3) is 0 Å². The van der Waals surface area contributed by atoms with Crippen LogP contribution in [0.3, 0.4) is 0 Å². The van der Waals surface area contributed by atoms with Crippen LogP contribution in [0.2, 0.25) is 5.15 Å². The molecule has 0 spiro atoms. The van der Waals surface area contributed by atoms with E-state index in [1.54, 1.807) is 17.2 Å². The Balaban J connectivity index is 1.57. The lowest BCUT2D eigenvalue weighted by molar-refractivity contribution is 0.0123. The lowest BCUT2D eigenvalue weighted by Crippen LogP contribution is -2.44. The molecule has 156 valence electrons. The molecule has 0 atom stereocenters. The zero-order valence-corrected chi connectivity index (χ0v) is 17.9. The van der Waals surface area contributed by atoms with Crippen molar-refractivity contribution in [3.05, 3.63) is 35.4 Å². The van der Waals surface area contributed by atoms with Gasteiger partial charge in [0.15, 0.2) is 5.15 Å².